The van der Waals surface area contributed by atoms with Crippen molar-refractivity contribution in [3.05, 3.63) is 36.0 Å². The number of hydrogen-bond donors (Lipinski definition) is 3. The van der Waals surface area contributed by atoms with E-state index < -0.39 is 25.0 Å². The number of carboxylic acid groups (broad SMARTS) is 1. The summed E-state index contributed by atoms with van der Waals surface area (Å²) >= 11 is 0. The summed E-state index contributed by atoms with van der Waals surface area (Å²) < 4.78 is 24.5. The maximum Gasteiger partial charge on any atom is 0.354 e. The molecule has 1 unspecified atom stereocenters. The Labute approximate surface area is 112 Å². The van der Waals surface area contributed by atoms with Gasteiger partial charge in [-0.2, -0.15) is 0 Å². The molecule has 0 saturated carbocycles. The maximum absolute atomic E-state index is 12.2. The number of nitrogens with zero attached hydrogens (tertiary/aromatic N) is 1. The topological polar surface area (TPSA) is 82.5 Å². The van der Waals surface area contributed by atoms with E-state index in [4.69, 9.17) is 10.2 Å². The number of aromatic carboxylic acids is 1. The van der Waals surface area contributed by atoms with E-state index in [9.17, 15) is 13.6 Å². The normalized spacial score (nSPS) is 12.6. The van der Waals surface area contributed by atoms with Gasteiger partial charge in [0.2, 0.25) is 0 Å². The summed E-state index contributed by atoms with van der Waals surface area (Å²) in [6.45, 7) is -0.419. The lowest BCUT2D eigenvalue weighted by Gasteiger charge is -2.13. The molecule has 3 N–H and O–H groups in total. The molecule has 1 heterocycles. The number of nitrogens with one attached hydrogen (secondary N) is 1. The average molecular weight is 282 g/mol. The third-order valence-electron chi connectivity index (χ3n) is 2.73. The van der Waals surface area contributed by atoms with E-state index in [0.717, 1.165) is 0 Å². The molecule has 0 amide bonds. The number of aromatic nitrogens is 1. The predicted octanol–water partition coefficient (Wildman–Crippen LogP) is 1.97. The van der Waals surface area contributed by atoms with Crippen LogP contribution in [0.5, 0.6) is 0 Å². The van der Waals surface area contributed by atoms with Gasteiger partial charge in [-0.25, -0.2) is 18.6 Å². The molecule has 106 valence electrons. The van der Waals surface area contributed by atoms with E-state index in [1.165, 1.54) is 6.07 Å². The van der Waals surface area contributed by atoms with Gasteiger partial charge in [-0.1, -0.05) is 24.3 Å². The van der Waals surface area contributed by atoms with Gasteiger partial charge in [0.1, 0.15) is 11.9 Å². The zero-order valence-electron chi connectivity index (χ0n) is 10.3. The summed E-state index contributed by atoms with van der Waals surface area (Å²) in [5, 5.41) is 21.8. The molecule has 20 heavy (non-hydrogen) atoms. The van der Waals surface area contributed by atoms with Crippen LogP contribution in [0.4, 0.5) is 14.6 Å². The molecule has 0 bridgehead atoms. The third kappa shape index (κ3) is 3.00. The fraction of sp³-hybridized carbons (Fsp3) is 0.231. The van der Waals surface area contributed by atoms with Gasteiger partial charge in [0.25, 0.3) is 6.43 Å². The molecule has 2 aromatic rings. The molecule has 0 aliphatic rings. The minimum Gasteiger partial charge on any atom is -0.477 e. The molecule has 5 nitrogen and oxygen atoms in total. The Kier molecular flexibility index (Phi) is 4.09. The Morgan fingerprint density at radius 3 is 2.70 bits per heavy atom. The standard InChI is InChI=1S/C13H12F2N2O3/c14-11(15)10(18)6-16-12-8-4-2-1-3-7(8)5-9(17-12)13(19)20/h1-5,10-11,18H,6H2,(H,16,17)(H,19,20). The summed E-state index contributed by atoms with van der Waals surface area (Å²) in [5.41, 5.74) is -0.197. The number of benzene rings is 1. The van der Waals surface area contributed by atoms with Crippen molar-refractivity contribution in [2.24, 2.45) is 0 Å². The lowest BCUT2D eigenvalue weighted by atomic mass is 10.1. The summed E-state index contributed by atoms with van der Waals surface area (Å²) in [7, 11) is 0. The van der Waals surface area contributed by atoms with Crippen LogP contribution in [0.2, 0.25) is 0 Å². The van der Waals surface area contributed by atoms with E-state index in [0.29, 0.717) is 10.8 Å². The second-order valence-electron chi connectivity index (χ2n) is 4.17. The lowest BCUT2D eigenvalue weighted by Crippen LogP contribution is -2.27. The van der Waals surface area contributed by atoms with Crippen molar-refractivity contribution < 1.29 is 23.8 Å². The quantitative estimate of drug-likeness (QED) is 0.781. The molecule has 0 fully saturated rings. The number of aliphatic hydroxyl groups is 1. The number of hydrogen-bond acceptors (Lipinski definition) is 4. The van der Waals surface area contributed by atoms with Gasteiger partial charge in [-0.05, 0) is 11.5 Å². The van der Waals surface area contributed by atoms with Crippen LogP contribution in [0.3, 0.4) is 0 Å². The minimum absolute atomic E-state index is 0.153. The number of aliphatic hydroxyl groups excluding tert-OH is 1. The van der Waals surface area contributed by atoms with E-state index >= 15 is 0 Å². The van der Waals surface area contributed by atoms with Gasteiger partial charge in [-0.3, -0.25) is 0 Å². The maximum atomic E-state index is 12.2. The molecular weight excluding hydrogens is 270 g/mol. The van der Waals surface area contributed by atoms with Crippen LogP contribution in [0.1, 0.15) is 10.5 Å². The molecule has 1 aromatic heterocycles. The Hall–Kier alpha value is -2.28. The molecule has 7 heteroatoms. The van der Waals surface area contributed by atoms with Crippen LogP contribution in [0, 0.1) is 0 Å². The molecule has 1 atom stereocenters. The molecule has 2 rings (SSSR count). The smallest absolute Gasteiger partial charge is 0.354 e. The average Bonchev–Trinajstić information content (AvgIpc) is 2.43. The molecule has 1 aromatic carbocycles. The molecule has 0 saturated heterocycles. The van der Waals surface area contributed by atoms with Crippen molar-refractivity contribution in [3.8, 4) is 0 Å². The van der Waals surface area contributed by atoms with Crippen molar-refractivity contribution in [2.45, 2.75) is 12.5 Å². The summed E-state index contributed by atoms with van der Waals surface area (Å²) in [6.07, 6.45) is -4.72. The first-order chi connectivity index (χ1) is 9.49. The zero-order chi connectivity index (χ0) is 14.7. The van der Waals surface area contributed by atoms with Gasteiger partial charge < -0.3 is 15.5 Å². The van der Waals surface area contributed by atoms with Crippen molar-refractivity contribution >= 4 is 22.6 Å². The number of rotatable bonds is 5. The zero-order valence-corrected chi connectivity index (χ0v) is 10.3. The SMILES string of the molecule is O=C(O)c1cc2ccccc2c(NCC(O)C(F)F)n1. The van der Waals surface area contributed by atoms with Crippen LogP contribution in [0.15, 0.2) is 30.3 Å². The first-order valence-corrected chi connectivity index (χ1v) is 5.82. The Balaban J connectivity index is 2.37. The van der Waals surface area contributed by atoms with E-state index in [2.05, 4.69) is 10.3 Å². The van der Waals surface area contributed by atoms with Crippen LogP contribution in [0.25, 0.3) is 10.8 Å². The second-order valence-corrected chi connectivity index (χ2v) is 4.17. The van der Waals surface area contributed by atoms with Crippen LogP contribution >= 0.6 is 0 Å². The van der Waals surface area contributed by atoms with Crippen LogP contribution in [-0.4, -0.2) is 40.2 Å². The number of carbonyl (C=O) groups is 1. The van der Waals surface area contributed by atoms with Gasteiger partial charge in [0, 0.05) is 11.9 Å². The number of anilines is 1. The summed E-state index contributed by atoms with van der Waals surface area (Å²) in [4.78, 5) is 14.8. The van der Waals surface area contributed by atoms with Crippen molar-refractivity contribution in [1.29, 1.82) is 0 Å². The predicted molar refractivity (Wildman–Crippen MR) is 69.2 cm³/mol. The number of fused-ring (bicyclic) bond motifs is 1. The van der Waals surface area contributed by atoms with Gasteiger partial charge >= 0.3 is 5.97 Å². The summed E-state index contributed by atoms with van der Waals surface area (Å²) in [5.74, 6) is -1.06. The van der Waals surface area contributed by atoms with E-state index in [1.807, 2.05) is 0 Å². The number of pyridine rings is 1. The van der Waals surface area contributed by atoms with Crippen molar-refractivity contribution in [3.63, 3.8) is 0 Å². The Morgan fingerprint density at radius 2 is 2.05 bits per heavy atom. The monoisotopic (exact) mass is 282 g/mol. The largest absolute Gasteiger partial charge is 0.477 e. The number of halogens is 2. The highest BCUT2D eigenvalue weighted by molar-refractivity contribution is 5.97. The highest BCUT2D eigenvalue weighted by Crippen LogP contribution is 2.22. The summed E-state index contributed by atoms with van der Waals surface area (Å²) in [6, 6.07) is 8.22. The fourth-order valence-corrected chi connectivity index (χ4v) is 1.73. The second kappa shape index (κ2) is 5.79. The molecular formula is C13H12F2N2O3. The molecule has 0 aliphatic carbocycles. The third-order valence-corrected chi connectivity index (χ3v) is 2.73. The lowest BCUT2D eigenvalue weighted by molar-refractivity contribution is 0.00382. The molecule has 0 spiro atoms. The van der Waals surface area contributed by atoms with Gasteiger partial charge in [0.15, 0.2) is 5.69 Å². The van der Waals surface area contributed by atoms with Crippen molar-refractivity contribution in [1.82, 2.24) is 4.98 Å². The van der Waals surface area contributed by atoms with Crippen LogP contribution < -0.4 is 5.32 Å². The van der Waals surface area contributed by atoms with E-state index in [1.54, 1.807) is 24.3 Å². The molecule has 0 aliphatic heterocycles. The first-order valence-electron chi connectivity index (χ1n) is 5.82. The van der Waals surface area contributed by atoms with Gasteiger partial charge in [0.05, 0.1) is 0 Å². The molecule has 0 radical (unpaired) electrons. The first kappa shape index (κ1) is 14.1. The number of alkyl halides is 2. The highest BCUT2D eigenvalue weighted by atomic mass is 19.3. The highest BCUT2D eigenvalue weighted by Gasteiger charge is 2.17. The van der Waals surface area contributed by atoms with E-state index in [-0.39, 0.29) is 11.5 Å². The van der Waals surface area contributed by atoms with Crippen molar-refractivity contribution in [2.75, 3.05) is 11.9 Å². The number of carboxylic acids is 1. The minimum atomic E-state index is -2.88. The Morgan fingerprint density at radius 1 is 1.35 bits per heavy atom. The fourth-order valence-electron chi connectivity index (χ4n) is 1.73. The van der Waals surface area contributed by atoms with Crippen LogP contribution in [-0.2, 0) is 0 Å². The van der Waals surface area contributed by atoms with Gasteiger partial charge in [-0.15, -0.1) is 0 Å². The Bertz CT molecular complexity index is 634.